The Balaban J connectivity index is 0.0000263. The van der Waals surface area contributed by atoms with Crippen molar-refractivity contribution in [1.29, 1.82) is 0 Å². The molecule has 866 valence electrons. The fourth-order valence-corrected chi connectivity index (χ4v) is 14.0. The molecule has 15 atom stereocenters. The predicted molar refractivity (Wildman–Crippen MR) is 539 cm³/mol. The van der Waals surface area contributed by atoms with Gasteiger partial charge in [0.25, 0.3) is 0 Å². The standard InChI is InChI=1S/C92H165N11O37.C5H12.3H3N/c93-67(58-96-29-37-123-40-43-126-46-49-129-52-55-135-89-86(120)83(117)80(114)75(61-104)138-89)18-21-70(107)12-4-1-6-14-73(110)24-34-132-64-92(101-79(113)17-8-3-11-32-103-33-28-100-102-103,65-133-35-25-74(111)15-7-2-5-13-71(108)22-19-68(94)59-97-30-38-124-41-44-127-47-50-130-53-56-136-90-87(121)84(118)81(115)76(62-105)139-90)66-134-36-26-78(112)99-27-10-9-16-72(109)23-20-69(95)60-98-31-39-125-42-45-128-48-51-131-54-57-137-91-88(122)85(119)82(116)77(63-106)140-91;1-4-5(2)3;;;/h28,33,58-60,75-77,80-91,96-98,104-106,114-122H,1-27,29-32,34-57,61-66,93-95H2,(H,99,112)(H,101,113);5H,4H2,1-3H3;3*1H3/b67-58-,68-59-,69-60-;;;;/t75?,76?,77?,80-,81-,82-,83?,84?,85?,86-,87-,88-,89+,90+,91+,92?;;;;/m1..../s1. The summed E-state index contributed by atoms with van der Waals surface area (Å²) in [4.78, 5) is 92.0. The molecule has 51 nitrogen and oxygen atoms in total. The highest BCUT2D eigenvalue weighted by molar-refractivity contribution is 5.80. The Bertz CT molecular complexity index is 3250. The van der Waals surface area contributed by atoms with E-state index in [4.69, 9.17) is 102 Å². The van der Waals surface area contributed by atoms with E-state index in [1.807, 2.05) is 0 Å². The number of carbonyl (C=O) groups is 7. The molecule has 0 aromatic carbocycles. The number of nitrogens with two attached hydrogens (primary N) is 3. The second-order valence-corrected chi connectivity index (χ2v) is 35.9. The molecule has 32 N–H and O–H groups in total. The van der Waals surface area contributed by atoms with Gasteiger partial charge < -0.3 is 209 Å². The first-order valence-electron chi connectivity index (χ1n) is 51.3. The van der Waals surface area contributed by atoms with E-state index in [0.717, 1.165) is 12.3 Å². The highest BCUT2D eigenvalue weighted by Crippen LogP contribution is 2.26. The van der Waals surface area contributed by atoms with Gasteiger partial charge in [-0.1, -0.05) is 51.7 Å². The fourth-order valence-electron chi connectivity index (χ4n) is 14.0. The van der Waals surface area contributed by atoms with Crippen LogP contribution in [0.5, 0.6) is 0 Å². The van der Waals surface area contributed by atoms with Crippen LogP contribution in [-0.4, -0.2) is 439 Å². The Morgan fingerprint density at radius 1 is 0.345 bits per heavy atom. The molecule has 3 aliphatic rings. The Hall–Kier alpha value is -6.87. The molecule has 0 saturated carbocycles. The van der Waals surface area contributed by atoms with Crippen molar-refractivity contribution < 1.29 is 180 Å². The first-order chi connectivity index (χ1) is 70.1. The summed E-state index contributed by atoms with van der Waals surface area (Å²) in [5, 5.41) is 141. The Kier molecular flexibility index (Phi) is 87.3. The molecule has 1 aromatic heterocycles. The van der Waals surface area contributed by atoms with E-state index in [-0.39, 0.29) is 223 Å². The molecule has 0 radical (unpaired) electrons. The number of hydrogen-bond acceptors (Lipinski definition) is 48. The smallest absolute Gasteiger partial charge is 0.222 e. The van der Waals surface area contributed by atoms with Gasteiger partial charge in [-0.3, -0.25) is 38.2 Å². The van der Waals surface area contributed by atoms with Gasteiger partial charge in [-0.15, -0.1) is 5.10 Å². The predicted octanol–water partition coefficient (Wildman–Crippen LogP) is -1.41. The molecule has 1 aromatic rings. The molecule has 3 saturated heterocycles. The van der Waals surface area contributed by atoms with Crippen LogP contribution >= 0.6 is 0 Å². The largest absolute Gasteiger partial charge is 0.401 e. The number of unbranched alkanes of at least 4 members (excludes halogenated alkanes) is 7. The summed E-state index contributed by atoms with van der Waals surface area (Å²) >= 11 is 0. The van der Waals surface area contributed by atoms with Crippen LogP contribution in [0.1, 0.15) is 194 Å². The van der Waals surface area contributed by atoms with Gasteiger partial charge in [0, 0.05) is 152 Å². The van der Waals surface area contributed by atoms with Crippen LogP contribution in [0.3, 0.4) is 0 Å². The normalized spacial score (nSPS) is 21.5. The van der Waals surface area contributed by atoms with E-state index >= 15 is 0 Å². The van der Waals surface area contributed by atoms with Crippen molar-refractivity contribution in [2.24, 2.45) is 23.1 Å². The van der Waals surface area contributed by atoms with Crippen molar-refractivity contribution in [1.82, 2.24) is 60.0 Å². The Morgan fingerprint density at radius 3 is 0.946 bits per heavy atom. The number of aromatic nitrogens is 3. The van der Waals surface area contributed by atoms with E-state index in [1.54, 1.807) is 35.7 Å². The van der Waals surface area contributed by atoms with E-state index in [0.29, 0.717) is 225 Å². The Morgan fingerprint density at radius 2 is 0.635 bits per heavy atom. The van der Waals surface area contributed by atoms with Gasteiger partial charge in [-0.2, -0.15) is 0 Å². The number of nitrogens with one attached hydrogen (secondary N) is 5. The van der Waals surface area contributed by atoms with Crippen molar-refractivity contribution in [2.45, 2.75) is 298 Å². The lowest BCUT2D eigenvalue weighted by Gasteiger charge is -2.39. The minimum absolute atomic E-state index is 0. The number of aliphatic hydroxyl groups is 12. The minimum atomic E-state index is -1.53. The Labute approximate surface area is 871 Å². The molecule has 51 heteroatoms. The molecule has 4 heterocycles. The average Bonchev–Trinajstić information content (AvgIpc) is 0.878. The maximum absolute atomic E-state index is 14.0. The van der Waals surface area contributed by atoms with Crippen LogP contribution in [0.15, 0.2) is 48.1 Å². The lowest BCUT2D eigenvalue weighted by atomic mass is 9.99. The zero-order valence-electron chi connectivity index (χ0n) is 87.7. The van der Waals surface area contributed by atoms with Crippen molar-refractivity contribution >= 4 is 40.7 Å². The third-order valence-electron chi connectivity index (χ3n) is 23.1. The van der Waals surface area contributed by atoms with Crippen LogP contribution in [0.2, 0.25) is 0 Å². The first kappa shape index (κ1) is 141. The molecule has 0 aliphatic carbocycles. The first-order valence-corrected chi connectivity index (χ1v) is 51.3. The summed E-state index contributed by atoms with van der Waals surface area (Å²) < 4.78 is 102. The minimum Gasteiger partial charge on any atom is -0.401 e. The van der Waals surface area contributed by atoms with Crippen molar-refractivity contribution in [3.05, 3.63) is 48.1 Å². The highest BCUT2D eigenvalue weighted by Gasteiger charge is 2.47. The van der Waals surface area contributed by atoms with Gasteiger partial charge in [-0.05, 0) is 76.5 Å². The highest BCUT2D eigenvalue weighted by atomic mass is 16.7. The second kappa shape index (κ2) is 91.6. The number of rotatable bonds is 94. The number of ketones is 5. The van der Waals surface area contributed by atoms with Crippen LogP contribution in [0.25, 0.3) is 0 Å². The summed E-state index contributed by atoms with van der Waals surface area (Å²) in [7, 11) is 0. The van der Waals surface area contributed by atoms with E-state index in [9.17, 15) is 94.8 Å². The average molecular weight is 2140 g/mol. The quantitative estimate of drug-likeness (QED) is 0.0333. The number of Topliss-reactive ketones (excluding diaryl/α,β-unsaturated/α-hetero) is 5. The summed E-state index contributed by atoms with van der Waals surface area (Å²) in [5.74, 6) is 0.267. The van der Waals surface area contributed by atoms with Crippen LogP contribution < -0.4 is 62.2 Å². The molecular formula is C97H186N14O37. The summed E-state index contributed by atoms with van der Waals surface area (Å²) in [6, 6.07) is 0. The number of aliphatic hydroxyl groups excluding tert-OH is 12. The molecule has 0 spiro atoms. The molecule has 2 amide bonds. The third kappa shape index (κ3) is 69.7. The fraction of sp³-hybridized carbons (Fsp3) is 0.845. The molecule has 6 unspecified atom stereocenters. The van der Waals surface area contributed by atoms with Gasteiger partial charge in [0.05, 0.1) is 204 Å². The van der Waals surface area contributed by atoms with Gasteiger partial charge in [-0.25, -0.2) is 0 Å². The number of amides is 2. The van der Waals surface area contributed by atoms with Crippen molar-refractivity contribution in [2.75, 3.05) is 224 Å². The zero-order chi connectivity index (χ0) is 106. The third-order valence-corrected chi connectivity index (χ3v) is 23.1. The van der Waals surface area contributed by atoms with Crippen molar-refractivity contribution in [3.8, 4) is 0 Å². The number of ether oxygens (including phenoxy) is 18. The lowest BCUT2D eigenvalue weighted by molar-refractivity contribution is -0.302. The molecular weight excluding hydrogens is 1950 g/mol. The van der Waals surface area contributed by atoms with Gasteiger partial charge in [0.1, 0.15) is 108 Å². The topological polar surface area (TPSA) is 802 Å². The summed E-state index contributed by atoms with van der Waals surface area (Å²) in [6.45, 7) is 12.0. The van der Waals surface area contributed by atoms with Gasteiger partial charge in [0.15, 0.2) is 18.9 Å². The number of nitrogens with zero attached hydrogens (tertiary/aromatic N) is 3. The SMILES string of the molecule is CCC(C)C.N.N.N.N/C(=C\NCCOCCOCCOCCO[C@H]1OC(CO)[C@@H](O)C(O)[C@H]1O)CCC(=O)CCCCCC(=O)CCOCC(COCCC(=O)CCCCCC(=O)CC/C(N)=C/NCCOCCOCCOCCO[C@H]1OC(CO)[C@@H](O)C(O)[C@H]1O)(COCCC(=O)NCCCCC(=O)CC/C(N)=C/NCCOCCOCCOCCO[C@H]1OC(CO)[C@@H](O)C(O)[C@H]1O)NC(=O)CCCCCn1ccnn1. The maximum Gasteiger partial charge on any atom is 0.222 e. The molecule has 3 aliphatic heterocycles. The van der Waals surface area contributed by atoms with E-state index < -0.39 is 117 Å². The molecule has 3 fully saturated rings. The maximum atomic E-state index is 14.0. The van der Waals surface area contributed by atoms with Gasteiger partial charge in [0.2, 0.25) is 11.8 Å². The monoisotopic (exact) mass is 2140 g/mol. The van der Waals surface area contributed by atoms with Crippen molar-refractivity contribution in [3.63, 3.8) is 0 Å². The second-order valence-electron chi connectivity index (χ2n) is 35.9. The molecule has 0 bridgehead atoms. The van der Waals surface area contributed by atoms with Crippen LogP contribution in [0.4, 0.5) is 0 Å². The van der Waals surface area contributed by atoms with Gasteiger partial charge >= 0.3 is 0 Å². The van der Waals surface area contributed by atoms with Crippen LogP contribution in [-0.2, 0) is 125 Å². The molecule has 148 heavy (non-hydrogen) atoms. The number of hydrogen-bond donors (Lipinski definition) is 23. The summed E-state index contributed by atoms with van der Waals surface area (Å²) in [6.07, 6.45) is -0.609. The van der Waals surface area contributed by atoms with Crippen LogP contribution in [0, 0.1) is 5.92 Å². The zero-order valence-corrected chi connectivity index (χ0v) is 87.7. The molecule has 4 rings (SSSR count). The number of allylic oxidation sites excluding steroid dienone is 3. The number of aryl methyl sites for hydroxylation is 1. The lowest BCUT2D eigenvalue weighted by Crippen LogP contribution is -2.59. The number of carbonyl (C=O) groups excluding carboxylic acids is 7. The van der Waals surface area contributed by atoms with E-state index in [2.05, 4.69) is 57.7 Å². The summed E-state index contributed by atoms with van der Waals surface area (Å²) in [5.41, 5.74) is 18.6. The van der Waals surface area contributed by atoms with E-state index in [1.165, 1.54) is 6.42 Å².